The molecule has 0 bridgehead atoms. The van der Waals surface area contributed by atoms with Gasteiger partial charge in [-0.25, -0.2) is 4.99 Å². The maximum absolute atomic E-state index is 12.0. The third-order valence-electron chi connectivity index (χ3n) is 2.45. The molecule has 102 valence electrons. The second-order valence-corrected chi connectivity index (χ2v) is 3.94. The molecule has 0 saturated carbocycles. The molecule has 0 unspecified atom stereocenters. The van der Waals surface area contributed by atoms with Crippen molar-refractivity contribution >= 4 is 5.84 Å². The lowest BCUT2D eigenvalue weighted by molar-refractivity contribution is -0.0799. The number of aliphatic imine (C=N–C) groups is 1. The molecule has 18 heavy (non-hydrogen) atoms. The van der Waals surface area contributed by atoms with Crippen molar-refractivity contribution in [2.45, 2.75) is 19.5 Å². The smallest absolute Gasteiger partial charge is 0.355 e. The van der Waals surface area contributed by atoms with Crippen molar-refractivity contribution in [2.24, 2.45) is 4.99 Å². The van der Waals surface area contributed by atoms with Gasteiger partial charge in [-0.05, 0) is 26.0 Å². The maximum atomic E-state index is 12.0. The summed E-state index contributed by atoms with van der Waals surface area (Å²) in [6.07, 6.45) is 1.11. The summed E-state index contributed by atoms with van der Waals surface area (Å²) >= 11 is 0. The van der Waals surface area contributed by atoms with Crippen LogP contribution >= 0.6 is 0 Å². The van der Waals surface area contributed by atoms with Crippen molar-refractivity contribution in [1.82, 2.24) is 10.2 Å². The average Bonchev–Trinajstić information content (AvgIpc) is 2.54. The van der Waals surface area contributed by atoms with Crippen LogP contribution in [0.5, 0.6) is 0 Å². The lowest BCUT2D eigenvalue weighted by Crippen LogP contribution is -2.33. The molecule has 3 nitrogen and oxygen atoms in total. The van der Waals surface area contributed by atoms with Crippen LogP contribution in [0.25, 0.3) is 0 Å². The Morgan fingerprint density at radius 1 is 1.28 bits per heavy atom. The first-order valence-electron chi connectivity index (χ1n) is 5.93. The summed E-state index contributed by atoms with van der Waals surface area (Å²) in [7, 11) is 0. The molecular weight excluding hydrogens is 243 g/mol. The molecule has 0 spiro atoms. The third-order valence-corrected chi connectivity index (χ3v) is 2.45. The van der Waals surface area contributed by atoms with Gasteiger partial charge >= 0.3 is 6.18 Å². The Morgan fingerprint density at radius 2 is 2.06 bits per heavy atom. The van der Waals surface area contributed by atoms with Gasteiger partial charge in [-0.3, -0.25) is 0 Å². The second kappa shape index (κ2) is 7.20. The van der Waals surface area contributed by atoms with Crippen LogP contribution in [0.2, 0.25) is 0 Å². The highest BCUT2D eigenvalue weighted by atomic mass is 19.4. The standard InChI is InChI=1S/C12H18F3N3/c1-2-4-11(17-7-5-12(13,14)15)18-9-3-6-16-8-10-18/h2,4-5,7,16H,3,6,8-10H2,1H3/b4-2-,7-5+,17-11+. The molecular formula is C12H18F3N3. The Kier molecular flexibility index (Phi) is 5.91. The Labute approximate surface area is 105 Å². The molecule has 1 rings (SSSR count). The van der Waals surface area contributed by atoms with Gasteiger partial charge in [-0.1, -0.05) is 6.08 Å². The molecule has 1 fully saturated rings. The number of allylic oxidation sites excluding steroid dienone is 2. The molecule has 0 aromatic rings. The number of rotatable bonds is 2. The van der Waals surface area contributed by atoms with Crippen molar-refractivity contribution in [3.8, 4) is 0 Å². The maximum Gasteiger partial charge on any atom is 0.411 e. The summed E-state index contributed by atoms with van der Waals surface area (Å²) in [6, 6.07) is 0. The first kappa shape index (κ1) is 14.8. The Balaban J connectivity index is 2.74. The zero-order chi connectivity index (χ0) is 13.4. The molecule has 6 heteroatoms. The SMILES string of the molecule is C\C=C/C(=N\C=C\C(F)(F)F)N1CCCNCC1. The van der Waals surface area contributed by atoms with E-state index in [-0.39, 0.29) is 6.08 Å². The quantitative estimate of drug-likeness (QED) is 0.610. The fourth-order valence-electron chi connectivity index (χ4n) is 1.65. The summed E-state index contributed by atoms with van der Waals surface area (Å²) in [5.41, 5.74) is 0. The fourth-order valence-corrected chi connectivity index (χ4v) is 1.65. The molecule has 1 saturated heterocycles. The third kappa shape index (κ3) is 5.86. The zero-order valence-corrected chi connectivity index (χ0v) is 10.4. The van der Waals surface area contributed by atoms with E-state index in [1.165, 1.54) is 0 Å². The van der Waals surface area contributed by atoms with Gasteiger partial charge < -0.3 is 10.2 Å². The predicted molar refractivity (Wildman–Crippen MR) is 66.5 cm³/mol. The number of hydrogen-bond donors (Lipinski definition) is 1. The van der Waals surface area contributed by atoms with Crippen molar-refractivity contribution < 1.29 is 13.2 Å². The highest BCUT2D eigenvalue weighted by molar-refractivity contribution is 5.93. The minimum Gasteiger partial charge on any atom is -0.355 e. The molecule has 1 N–H and O–H groups in total. The summed E-state index contributed by atoms with van der Waals surface area (Å²) in [5, 5.41) is 3.24. The monoisotopic (exact) mass is 261 g/mol. The van der Waals surface area contributed by atoms with Crippen molar-refractivity contribution in [1.29, 1.82) is 0 Å². The molecule has 0 aliphatic carbocycles. The number of halogens is 3. The number of nitrogens with one attached hydrogen (secondary N) is 1. The van der Waals surface area contributed by atoms with Gasteiger partial charge in [0.2, 0.25) is 0 Å². The van der Waals surface area contributed by atoms with E-state index in [4.69, 9.17) is 0 Å². The van der Waals surface area contributed by atoms with Gasteiger partial charge in [0, 0.05) is 31.9 Å². The highest BCUT2D eigenvalue weighted by Gasteiger charge is 2.21. The Morgan fingerprint density at radius 3 is 2.72 bits per heavy atom. The van der Waals surface area contributed by atoms with Crippen LogP contribution in [0.3, 0.4) is 0 Å². The molecule has 0 aromatic heterocycles. The number of hydrogen-bond acceptors (Lipinski definition) is 2. The van der Waals surface area contributed by atoms with Crippen LogP contribution in [-0.2, 0) is 0 Å². The Hall–Kier alpha value is -1.30. The van der Waals surface area contributed by atoms with E-state index in [0.717, 1.165) is 38.8 Å². The van der Waals surface area contributed by atoms with Crippen molar-refractivity contribution in [2.75, 3.05) is 26.2 Å². The van der Waals surface area contributed by atoms with Crippen molar-refractivity contribution in [3.05, 3.63) is 24.4 Å². The van der Waals surface area contributed by atoms with Crippen LogP contribution in [-0.4, -0.2) is 43.1 Å². The number of alkyl halides is 3. The van der Waals surface area contributed by atoms with Crippen LogP contribution in [0, 0.1) is 0 Å². The number of amidine groups is 1. The predicted octanol–water partition coefficient (Wildman–Crippen LogP) is 2.33. The zero-order valence-electron chi connectivity index (χ0n) is 10.4. The summed E-state index contributed by atoms with van der Waals surface area (Å²) in [4.78, 5) is 5.88. The van der Waals surface area contributed by atoms with E-state index in [9.17, 15) is 13.2 Å². The topological polar surface area (TPSA) is 27.6 Å². The van der Waals surface area contributed by atoms with E-state index in [2.05, 4.69) is 10.3 Å². The molecule has 0 radical (unpaired) electrons. The van der Waals surface area contributed by atoms with E-state index in [1.54, 1.807) is 12.2 Å². The minimum absolute atomic E-state index is 0.145. The van der Waals surface area contributed by atoms with Crippen LogP contribution in [0.15, 0.2) is 29.4 Å². The molecule has 0 aromatic carbocycles. The van der Waals surface area contributed by atoms with Gasteiger partial charge in [0.05, 0.1) is 0 Å². The first-order valence-corrected chi connectivity index (χ1v) is 5.93. The lowest BCUT2D eigenvalue weighted by atomic mass is 10.3. The summed E-state index contributed by atoms with van der Waals surface area (Å²) in [5.74, 6) is 0.571. The minimum atomic E-state index is -4.31. The van der Waals surface area contributed by atoms with Crippen LogP contribution in [0.4, 0.5) is 13.2 Å². The van der Waals surface area contributed by atoms with Gasteiger partial charge in [-0.2, -0.15) is 13.2 Å². The normalized spacial score (nSPS) is 19.8. The van der Waals surface area contributed by atoms with Crippen molar-refractivity contribution in [3.63, 3.8) is 0 Å². The fraction of sp³-hybridized carbons (Fsp3) is 0.583. The summed E-state index contributed by atoms with van der Waals surface area (Å²) in [6.45, 7) is 5.12. The molecule has 0 amide bonds. The second-order valence-electron chi connectivity index (χ2n) is 3.94. The first-order chi connectivity index (χ1) is 8.53. The summed E-state index contributed by atoms with van der Waals surface area (Å²) < 4.78 is 36.0. The van der Waals surface area contributed by atoms with E-state index in [0.29, 0.717) is 5.84 Å². The average molecular weight is 261 g/mol. The van der Waals surface area contributed by atoms with Crippen LogP contribution in [0.1, 0.15) is 13.3 Å². The Bertz CT molecular complexity index is 324. The molecule has 1 aliphatic rings. The largest absolute Gasteiger partial charge is 0.411 e. The highest BCUT2D eigenvalue weighted by Crippen LogP contribution is 2.15. The van der Waals surface area contributed by atoms with Crippen LogP contribution < -0.4 is 5.32 Å². The van der Waals surface area contributed by atoms with Gasteiger partial charge in [0.1, 0.15) is 5.84 Å². The van der Waals surface area contributed by atoms with Gasteiger partial charge in [0.15, 0.2) is 0 Å². The lowest BCUT2D eigenvalue weighted by Gasteiger charge is -2.21. The van der Waals surface area contributed by atoms with E-state index in [1.807, 2.05) is 11.8 Å². The molecule has 1 heterocycles. The molecule has 1 aliphatic heterocycles. The van der Waals surface area contributed by atoms with Gasteiger partial charge in [-0.15, -0.1) is 0 Å². The van der Waals surface area contributed by atoms with Gasteiger partial charge in [0.25, 0.3) is 0 Å². The number of nitrogens with zero attached hydrogens (tertiary/aromatic N) is 2. The van der Waals surface area contributed by atoms with E-state index < -0.39 is 6.18 Å². The molecule has 0 atom stereocenters. The van der Waals surface area contributed by atoms with E-state index >= 15 is 0 Å².